The lowest BCUT2D eigenvalue weighted by molar-refractivity contribution is -0.167. The number of fused-ring (bicyclic) bond motifs is 1. The zero-order valence-electron chi connectivity index (χ0n) is 17.4. The van der Waals surface area contributed by atoms with Crippen molar-refractivity contribution in [2.24, 2.45) is 5.73 Å². The molecule has 11 heteroatoms. The van der Waals surface area contributed by atoms with E-state index in [1.165, 1.54) is 24.3 Å². The highest BCUT2D eigenvalue weighted by Gasteiger charge is 2.55. The molecule has 34 heavy (non-hydrogen) atoms. The van der Waals surface area contributed by atoms with Crippen LogP contribution >= 0.6 is 0 Å². The summed E-state index contributed by atoms with van der Waals surface area (Å²) in [5.41, 5.74) is 4.93. The van der Waals surface area contributed by atoms with Gasteiger partial charge in [-0.25, -0.2) is 0 Å². The summed E-state index contributed by atoms with van der Waals surface area (Å²) in [4.78, 5) is 50.1. The summed E-state index contributed by atoms with van der Waals surface area (Å²) < 4.78 is 43.7. The van der Waals surface area contributed by atoms with Crippen LogP contribution in [0.4, 0.5) is 13.2 Å². The van der Waals surface area contributed by atoms with Crippen molar-refractivity contribution in [3.8, 4) is 6.07 Å². The number of carbonyl (C=O) groups is 4. The Morgan fingerprint density at radius 2 is 1.82 bits per heavy atom. The lowest BCUT2D eigenvalue weighted by Gasteiger charge is -2.39. The van der Waals surface area contributed by atoms with Crippen LogP contribution in [-0.2, 0) is 9.59 Å². The van der Waals surface area contributed by atoms with Gasteiger partial charge in [0.05, 0.1) is 17.7 Å². The fourth-order valence-electron chi connectivity index (χ4n) is 4.51. The van der Waals surface area contributed by atoms with E-state index in [-0.39, 0.29) is 40.7 Å². The summed E-state index contributed by atoms with van der Waals surface area (Å²) >= 11 is 0. The number of nitriles is 1. The first-order chi connectivity index (χ1) is 16.0. The number of primary amides is 1. The van der Waals surface area contributed by atoms with Crippen molar-refractivity contribution in [2.45, 2.75) is 37.0 Å². The maximum Gasteiger partial charge on any atom is 0.398 e. The second-order valence-corrected chi connectivity index (χ2v) is 8.04. The summed E-state index contributed by atoms with van der Waals surface area (Å²) in [5, 5.41) is 11.1. The average Bonchev–Trinajstić information content (AvgIpc) is 3.05. The van der Waals surface area contributed by atoms with Crippen LogP contribution in [0.25, 0.3) is 0 Å². The molecule has 0 aromatic heterocycles. The zero-order chi connectivity index (χ0) is 24.8. The van der Waals surface area contributed by atoms with Gasteiger partial charge < -0.3 is 10.6 Å². The molecular weight excluding hydrogens is 453 g/mol. The third-order valence-electron chi connectivity index (χ3n) is 6.03. The Bertz CT molecular complexity index is 1250. The van der Waals surface area contributed by atoms with Crippen LogP contribution in [0.1, 0.15) is 62.2 Å². The zero-order valence-corrected chi connectivity index (χ0v) is 17.4. The standard InChI is InChI=1S/C23H17F3N4O4/c24-23(25,26)18(12-3-1-11(10-27)2-4-12)19-15-9-13(20(28)32)5-6-14(15)22(34)30(19)16-7-8-17(31)29-21(16)33/h1-6,9,16,18-19H,7-8H2,(H2,28,32)(H,29,31,33)/t16?,18-,19?/m1/s1. The molecule has 1 fully saturated rings. The van der Waals surface area contributed by atoms with Gasteiger partial charge in [-0.05, 0) is 47.9 Å². The second-order valence-electron chi connectivity index (χ2n) is 8.04. The Hall–Kier alpha value is -4.20. The van der Waals surface area contributed by atoms with E-state index in [4.69, 9.17) is 11.0 Å². The maximum atomic E-state index is 14.6. The fourth-order valence-corrected chi connectivity index (χ4v) is 4.51. The van der Waals surface area contributed by atoms with E-state index in [2.05, 4.69) is 5.32 Å². The topological polar surface area (TPSA) is 133 Å². The highest BCUT2D eigenvalue weighted by Crippen LogP contribution is 2.51. The van der Waals surface area contributed by atoms with Crippen LogP contribution in [-0.4, -0.2) is 40.7 Å². The van der Waals surface area contributed by atoms with Gasteiger partial charge in [-0.15, -0.1) is 0 Å². The smallest absolute Gasteiger partial charge is 0.366 e. The quantitative estimate of drug-likeness (QED) is 0.662. The first-order valence-electron chi connectivity index (χ1n) is 10.2. The number of nitrogens with zero attached hydrogens (tertiary/aromatic N) is 2. The molecule has 2 unspecified atom stereocenters. The first-order valence-corrected chi connectivity index (χ1v) is 10.2. The van der Waals surface area contributed by atoms with E-state index in [1.807, 2.05) is 6.07 Å². The monoisotopic (exact) mass is 470 g/mol. The molecule has 1 saturated heterocycles. The third kappa shape index (κ3) is 3.87. The Morgan fingerprint density at radius 1 is 1.15 bits per heavy atom. The minimum Gasteiger partial charge on any atom is -0.366 e. The molecular formula is C23H17F3N4O4. The van der Waals surface area contributed by atoms with Crippen molar-refractivity contribution >= 4 is 23.6 Å². The number of amides is 4. The molecule has 3 atom stereocenters. The molecule has 2 aromatic carbocycles. The van der Waals surface area contributed by atoms with Crippen molar-refractivity contribution in [3.05, 3.63) is 70.3 Å². The Balaban J connectivity index is 1.93. The number of nitrogens with two attached hydrogens (primary N) is 1. The Morgan fingerprint density at radius 3 is 2.38 bits per heavy atom. The van der Waals surface area contributed by atoms with Crippen LogP contribution in [0.15, 0.2) is 42.5 Å². The van der Waals surface area contributed by atoms with E-state index in [1.54, 1.807) is 0 Å². The van der Waals surface area contributed by atoms with Crippen LogP contribution in [0.5, 0.6) is 0 Å². The van der Waals surface area contributed by atoms with Gasteiger partial charge in [0, 0.05) is 17.5 Å². The molecule has 2 aliphatic rings. The predicted octanol–water partition coefficient (Wildman–Crippen LogP) is 2.31. The molecule has 0 saturated carbocycles. The number of hydrogen-bond acceptors (Lipinski definition) is 5. The highest BCUT2D eigenvalue weighted by molar-refractivity contribution is 6.06. The largest absolute Gasteiger partial charge is 0.398 e. The molecule has 8 nitrogen and oxygen atoms in total. The number of benzene rings is 2. The molecule has 3 N–H and O–H groups in total. The van der Waals surface area contributed by atoms with Crippen molar-refractivity contribution in [1.29, 1.82) is 5.26 Å². The number of alkyl halides is 3. The maximum absolute atomic E-state index is 14.6. The third-order valence-corrected chi connectivity index (χ3v) is 6.03. The average molecular weight is 470 g/mol. The Kier molecular flexibility index (Phi) is 5.61. The second kappa shape index (κ2) is 8.30. The molecule has 0 radical (unpaired) electrons. The van der Waals surface area contributed by atoms with Gasteiger partial charge in [0.25, 0.3) is 5.91 Å². The number of rotatable bonds is 4. The number of halogens is 3. The minimum absolute atomic E-state index is 0.0948. The van der Waals surface area contributed by atoms with Crippen molar-refractivity contribution in [2.75, 3.05) is 0 Å². The fraction of sp³-hybridized carbons (Fsp3) is 0.261. The Labute approximate surface area is 191 Å². The van der Waals surface area contributed by atoms with Gasteiger partial charge in [0.2, 0.25) is 17.7 Å². The molecule has 0 bridgehead atoms. The van der Waals surface area contributed by atoms with E-state index in [0.29, 0.717) is 0 Å². The summed E-state index contributed by atoms with van der Waals surface area (Å²) in [5.74, 6) is -5.47. The SMILES string of the molecule is N#Cc1ccc([C@H](C2c3cc(C(N)=O)ccc3C(=O)N2C2CCC(=O)NC2=O)C(F)(F)F)cc1. The molecule has 2 aromatic rings. The van der Waals surface area contributed by atoms with Crippen LogP contribution < -0.4 is 11.1 Å². The molecule has 0 aliphatic carbocycles. The van der Waals surface area contributed by atoms with Crippen LogP contribution in [0.2, 0.25) is 0 Å². The van der Waals surface area contributed by atoms with Crippen molar-refractivity contribution in [3.63, 3.8) is 0 Å². The van der Waals surface area contributed by atoms with E-state index in [9.17, 15) is 32.3 Å². The lowest BCUT2D eigenvalue weighted by Crippen LogP contribution is -2.54. The van der Waals surface area contributed by atoms with E-state index in [0.717, 1.165) is 23.1 Å². The van der Waals surface area contributed by atoms with Crippen molar-refractivity contribution in [1.82, 2.24) is 10.2 Å². The van der Waals surface area contributed by atoms with E-state index < -0.39 is 47.8 Å². The van der Waals surface area contributed by atoms with Crippen LogP contribution in [0.3, 0.4) is 0 Å². The number of hydrogen-bond donors (Lipinski definition) is 2. The van der Waals surface area contributed by atoms with Gasteiger partial charge in [-0.2, -0.15) is 18.4 Å². The summed E-state index contributed by atoms with van der Waals surface area (Å²) in [7, 11) is 0. The summed E-state index contributed by atoms with van der Waals surface area (Å²) in [6.45, 7) is 0. The normalized spacial score (nSPS) is 21.0. The summed E-state index contributed by atoms with van der Waals surface area (Å²) in [6, 6.07) is 7.09. The van der Waals surface area contributed by atoms with Gasteiger partial charge in [-0.1, -0.05) is 12.1 Å². The van der Waals surface area contributed by atoms with Crippen molar-refractivity contribution < 1.29 is 32.3 Å². The highest BCUT2D eigenvalue weighted by atomic mass is 19.4. The number of imide groups is 1. The van der Waals surface area contributed by atoms with E-state index >= 15 is 0 Å². The summed E-state index contributed by atoms with van der Waals surface area (Å²) in [6.07, 6.45) is -5.19. The van der Waals surface area contributed by atoms with Gasteiger partial charge in [-0.3, -0.25) is 24.5 Å². The number of piperidine rings is 1. The number of carbonyl (C=O) groups excluding carboxylic acids is 4. The predicted molar refractivity (Wildman–Crippen MR) is 110 cm³/mol. The van der Waals surface area contributed by atoms with Gasteiger partial charge in [0.1, 0.15) is 12.0 Å². The molecule has 0 spiro atoms. The lowest BCUT2D eigenvalue weighted by atomic mass is 9.84. The van der Waals surface area contributed by atoms with Crippen LogP contribution in [0, 0.1) is 11.3 Å². The molecule has 174 valence electrons. The molecule has 2 heterocycles. The first kappa shape index (κ1) is 23.0. The molecule has 4 amide bonds. The molecule has 2 aliphatic heterocycles. The number of nitrogens with one attached hydrogen (secondary N) is 1. The molecule has 4 rings (SSSR count). The minimum atomic E-state index is -4.89. The van der Waals surface area contributed by atoms with Gasteiger partial charge >= 0.3 is 6.18 Å². The van der Waals surface area contributed by atoms with Gasteiger partial charge in [0.15, 0.2) is 0 Å².